The van der Waals surface area contributed by atoms with Crippen molar-refractivity contribution in [2.24, 2.45) is 5.41 Å². The lowest BCUT2D eigenvalue weighted by Gasteiger charge is -2.32. The van der Waals surface area contributed by atoms with Crippen LogP contribution in [0.2, 0.25) is 5.28 Å². The lowest BCUT2D eigenvalue weighted by Crippen LogP contribution is -2.42. The van der Waals surface area contributed by atoms with Gasteiger partial charge in [0, 0.05) is 12.6 Å². The molecular weight excluding hydrogens is 336 g/mol. The van der Waals surface area contributed by atoms with E-state index in [1.807, 2.05) is 4.90 Å². The van der Waals surface area contributed by atoms with E-state index in [1.54, 1.807) is 0 Å². The van der Waals surface area contributed by atoms with Gasteiger partial charge in [0.25, 0.3) is 0 Å². The van der Waals surface area contributed by atoms with Gasteiger partial charge in [-0.2, -0.15) is 4.98 Å². The fourth-order valence-electron chi connectivity index (χ4n) is 3.40. The number of carbonyl (C=O) groups excluding carboxylic acids is 1. The maximum Gasteiger partial charge on any atom is 0.329 e. The molecule has 2 aliphatic carbocycles. The zero-order chi connectivity index (χ0) is 17.3. The van der Waals surface area contributed by atoms with Gasteiger partial charge in [0.2, 0.25) is 11.1 Å². The summed E-state index contributed by atoms with van der Waals surface area (Å²) in [6.07, 6.45) is 6.50. The van der Waals surface area contributed by atoms with Gasteiger partial charge in [-0.25, -0.2) is 4.98 Å². The monoisotopic (exact) mass is 354 g/mol. The number of methoxy groups -OCH3 is 1. The smallest absolute Gasteiger partial charge is 0.329 e. The van der Waals surface area contributed by atoms with Gasteiger partial charge in [0.15, 0.2) is 0 Å². The summed E-state index contributed by atoms with van der Waals surface area (Å²) in [7, 11) is 1.37. The molecule has 9 heteroatoms. The topological polar surface area (TPSA) is 98.5 Å². The molecule has 2 aliphatic rings. The maximum atomic E-state index is 12.1. The van der Waals surface area contributed by atoms with Crippen LogP contribution in [0.25, 0.3) is 0 Å². The number of nitrogens with zero attached hydrogens (tertiary/aromatic N) is 4. The van der Waals surface area contributed by atoms with E-state index in [1.165, 1.54) is 7.11 Å². The van der Waals surface area contributed by atoms with Crippen molar-refractivity contribution in [3.05, 3.63) is 21.6 Å². The molecule has 0 amide bonds. The first-order valence-corrected chi connectivity index (χ1v) is 8.37. The molecule has 0 aliphatic heterocycles. The number of hydrogen-bond acceptors (Lipinski definition) is 7. The summed E-state index contributed by atoms with van der Waals surface area (Å²) in [5.41, 5.74) is -0.783. The van der Waals surface area contributed by atoms with E-state index in [0.29, 0.717) is 6.54 Å². The zero-order valence-corrected chi connectivity index (χ0v) is 14.2. The Morgan fingerprint density at radius 1 is 1.50 bits per heavy atom. The van der Waals surface area contributed by atoms with E-state index >= 15 is 0 Å². The molecule has 1 heterocycles. The molecule has 130 valence electrons. The quantitative estimate of drug-likeness (QED) is 0.335. The molecule has 8 nitrogen and oxygen atoms in total. The standard InChI is InChI=1S/C15H19ClN4O4/c1-24-13(21)15(6-7-15)9-19(10-4-2-3-5-10)12-11(20(22)23)8-17-14(16)18-12/h8,10H,2-7,9H2,1H3. The van der Waals surface area contributed by atoms with Gasteiger partial charge in [-0.15, -0.1) is 0 Å². The van der Waals surface area contributed by atoms with E-state index < -0.39 is 10.3 Å². The van der Waals surface area contributed by atoms with Crippen LogP contribution in [0.5, 0.6) is 0 Å². The van der Waals surface area contributed by atoms with E-state index in [-0.39, 0.29) is 28.8 Å². The molecule has 2 saturated carbocycles. The molecule has 0 radical (unpaired) electrons. The van der Waals surface area contributed by atoms with Gasteiger partial charge in [-0.1, -0.05) is 12.8 Å². The second-order valence-corrected chi connectivity index (χ2v) is 6.78. The van der Waals surface area contributed by atoms with Crippen LogP contribution in [-0.2, 0) is 9.53 Å². The Kier molecular flexibility index (Phi) is 4.58. The average molecular weight is 355 g/mol. The maximum absolute atomic E-state index is 12.1. The number of esters is 1. The van der Waals surface area contributed by atoms with Crippen LogP contribution in [0.3, 0.4) is 0 Å². The second-order valence-electron chi connectivity index (χ2n) is 6.44. The summed E-state index contributed by atoms with van der Waals surface area (Å²) in [4.78, 5) is 32.7. The Balaban J connectivity index is 1.98. The molecule has 1 aromatic heterocycles. The summed E-state index contributed by atoms with van der Waals surface area (Å²) < 4.78 is 4.92. The average Bonchev–Trinajstić information content (AvgIpc) is 3.15. The first kappa shape index (κ1) is 16.9. The molecular formula is C15H19ClN4O4. The lowest BCUT2D eigenvalue weighted by molar-refractivity contribution is -0.384. The van der Waals surface area contributed by atoms with Crippen molar-refractivity contribution in [1.82, 2.24) is 9.97 Å². The minimum absolute atomic E-state index is 0.0403. The highest BCUT2D eigenvalue weighted by Crippen LogP contribution is 2.49. The molecule has 0 spiro atoms. The highest BCUT2D eigenvalue weighted by Gasteiger charge is 2.53. The third-order valence-corrected chi connectivity index (χ3v) is 5.08. The minimum Gasteiger partial charge on any atom is -0.469 e. The van der Waals surface area contributed by atoms with Crippen LogP contribution in [-0.4, -0.2) is 40.6 Å². The molecule has 2 fully saturated rings. The van der Waals surface area contributed by atoms with E-state index in [2.05, 4.69) is 9.97 Å². The predicted molar refractivity (Wildman–Crippen MR) is 87.0 cm³/mol. The van der Waals surface area contributed by atoms with Gasteiger partial charge >= 0.3 is 11.7 Å². The normalized spacial score (nSPS) is 19.1. The van der Waals surface area contributed by atoms with Crippen molar-refractivity contribution in [2.45, 2.75) is 44.6 Å². The van der Waals surface area contributed by atoms with E-state index in [9.17, 15) is 14.9 Å². The Bertz CT molecular complexity index is 659. The van der Waals surface area contributed by atoms with Crippen LogP contribution in [0.15, 0.2) is 6.20 Å². The highest BCUT2D eigenvalue weighted by atomic mass is 35.5. The Morgan fingerprint density at radius 2 is 2.17 bits per heavy atom. The minimum atomic E-state index is -0.595. The van der Waals surface area contributed by atoms with Crippen molar-refractivity contribution < 1.29 is 14.5 Å². The van der Waals surface area contributed by atoms with Crippen LogP contribution in [0.1, 0.15) is 38.5 Å². The van der Waals surface area contributed by atoms with Gasteiger partial charge in [-0.3, -0.25) is 14.9 Å². The summed E-state index contributed by atoms with van der Waals surface area (Å²) >= 11 is 5.89. The van der Waals surface area contributed by atoms with E-state index in [4.69, 9.17) is 16.3 Å². The second kappa shape index (κ2) is 6.51. The third kappa shape index (κ3) is 3.15. The lowest BCUT2D eigenvalue weighted by atomic mass is 10.0. The molecule has 0 aromatic carbocycles. The first-order valence-electron chi connectivity index (χ1n) is 7.99. The van der Waals surface area contributed by atoms with Crippen LogP contribution in [0, 0.1) is 15.5 Å². The third-order valence-electron chi connectivity index (χ3n) is 4.90. The van der Waals surface area contributed by atoms with Crippen molar-refractivity contribution >= 4 is 29.1 Å². The van der Waals surface area contributed by atoms with Crippen molar-refractivity contribution in [1.29, 1.82) is 0 Å². The fourth-order valence-corrected chi connectivity index (χ4v) is 3.53. The van der Waals surface area contributed by atoms with Crippen LogP contribution in [0.4, 0.5) is 11.5 Å². The highest BCUT2D eigenvalue weighted by molar-refractivity contribution is 6.28. The molecule has 0 saturated heterocycles. The summed E-state index contributed by atoms with van der Waals surface area (Å²) in [6, 6.07) is 0.108. The molecule has 3 rings (SSSR count). The van der Waals surface area contributed by atoms with Gasteiger partial charge < -0.3 is 9.64 Å². The fraction of sp³-hybridized carbons (Fsp3) is 0.667. The number of anilines is 1. The molecule has 0 N–H and O–H groups in total. The molecule has 0 bridgehead atoms. The molecule has 0 unspecified atom stereocenters. The predicted octanol–water partition coefficient (Wildman–Crippen LogP) is 2.74. The first-order chi connectivity index (χ1) is 11.5. The number of carbonyl (C=O) groups is 1. The largest absolute Gasteiger partial charge is 0.469 e. The van der Waals surface area contributed by atoms with Crippen molar-refractivity contribution in [3.63, 3.8) is 0 Å². The number of halogens is 1. The Hall–Kier alpha value is -1.96. The van der Waals surface area contributed by atoms with Gasteiger partial charge in [0.1, 0.15) is 6.20 Å². The SMILES string of the molecule is COC(=O)C1(CN(c2nc(Cl)ncc2[N+](=O)[O-])C2CCCC2)CC1. The Morgan fingerprint density at radius 3 is 2.71 bits per heavy atom. The molecule has 24 heavy (non-hydrogen) atoms. The van der Waals surface area contributed by atoms with Crippen LogP contribution < -0.4 is 4.90 Å². The molecule has 0 atom stereocenters. The summed E-state index contributed by atoms with van der Waals surface area (Å²) in [6.45, 7) is 0.360. The number of rotatable bonds is 6. The summed E-state index contributed by atoms with van der Waals surface area (Å²) in [5.74, 6) is -0.0737. The molecule has 1 aromatic rings. The number of nitro groups is 1. The van der Waals surface area contributed by atoms with Crippen molar-refractivity contribution in [3.8, 4) is 0 Å². The van der Waals surface area contributed by atoms with Gasteiger partial charge in [-0.05, 0) is 37.3 Å². The van der Waals surface area contributed by atoms with Crippen molar-refractivity contribution in [2.75, 3.05) is 18.6 Å². The zero-order valence-electron chi connectivity index (χ0n) is 13.4. The number of aromatic nitrogens is 2. The van der Waals surface area contributed by atoms with Crippen LogP contribution >= 0.6 is 11.6 Å². The summed E-state index contributed by atoms with van der Waals surface area (Å²) in [5, 5.41) is 11.3. The van der Waals surface area contributed by atoms with E-state index in [0.717, 1.165) is 44.7 Å². The Labute approximate surface area is 144 Å². The number of ether oxygens (including phenoxy) is 1. The van der Waals surface area contributed by atoms with Gasteiger partial charge in [0.05, 0.1) is 17.4 Å². The number of hydrogen-bond donors (Lipinski definition) is 0.